The molecule has 0 aliphatic rings. The second kappa shape index (κ2) is 10.2. The van der Waals surface area contributed by atoms with Crippen LogP contribution in [0.15, 0.2) is 53.0 Å². The molecule has 2 heterocycles. The van der Waals surface area contributed by atoms with E-state index in [0.717, 1.165) is 30.4 Å². The van der Waals surface area contributed by atoms with E-state index in [1.807, 2.05) is 24.3 Å². The zero-order valence-corrected chi connectivity index (χ0v) is 18.2. The first kappa shape index (κ1) is 21.0. The molecule has 0 saturated carbocycles. The first-order chi connectivity index (χ1) is 13.6. The van der Waals surface area contributed by atoms with Gasteiger partial charge in [-0.05, 0) is 36.9 Å². The largest absolute Gasteiger partial charge is 0.305 e. The van der Waals surface area contributed by atoms with Crippen molar-refractivity contribution in [2.45, 2.75) is 31.0 Å². The Morgan fingerprint density at radius 1 is 1.14 bits per heavy atom. The molecule has 0 fully saturated rings. The van der Waals surface area contributed by atoms with Gasteiger partial charge in [0.2, 0.25) is 10.0 Å². The van der Waals surface area contributed by atoms with Gasteiger partial charge >= 0.3 is 0 Å². The maximum atomic E-state index is 11.6. The molecular weight excluding hydrogens is 412 g/mol. The lowest BCUT2D eigenvalue weighted by Crippen LogP contribution is -2.22. The Morgan fingerprint density at radius 2 is 1.96 bits per heavy atom. The number of nitrogens with zero attached hydrogens (tertiary/aromatic N) is 3. The van der Waals surface area contributed by atoms with Gasteiger partial charge in [-0.25, -0.2) is 13.1 Å². The van der Waals surface area contributed by atoms with Crippen molar-refractivity contribution >= 4 is 33.1 Å². The number of hydrogen-bond acceptors (Lipinski definition) is 6. The highest BCUT2D eigenvalue weighted by molar-refractivity contribution is 7.99. The summed E-state index contributed by atoms with van der Waals surface area (Å²) in [6.45, 7) is 0.800. The van der Waals surface area contributed by atoms with Crippen molar-refractivity contribution in [2.75, 3.05) is 18.6 Å². The van der Waals surface area contributed by atoms with Crippen molar-refractivity contribution in [3.63, 3.8) is 0 Å². The fraction of sp³-hybridized carbons (Fsp3) is 0.368. The van der Waals surface area contributed by atoms with Crippen LogP contribution in [0.1, 0.15) is 22.7 Å². The molecule has 150 valence electrons. The number of aromatic nitrogens is 3. The van der Waals surface area contributed by atoms with Gasteiger partial charge in [-0.3, -0.25) is 0 Å². The zero-order chi connectivity index (χ0) is 19.8. The van der Waals surface area contributed by atoms with E-state index in [0.29, 0.717) is 12.2 Å². The number of benzene rings is 1. The molecule has 0 unspecified atom stereocenters. The highest BCUT2D eigenvalue weighted by Crippen LogP contribution is 2.22. The lowest BCUT2D eigenvalue weighted by molar-refractivity contribution is 0.587. The second-order valence-corrected chi connectivity index (χ2v) is 10.4. The summed E-state index contributed by atoms with van der Waals surface area (Å²) in [5, 5.41) is 11.7. The summed E-state index contributed by atoms with van der Waals surface area (Å²) >= 11 is 3.28. The molecule has 0 bridgehead atoms. The molecule has 0 amide bonds. The lowest BCUT2D eigenvalue weighted by atomic mass is 10.1. The standard InChI is InChI=1S/C19H24N4O2S3/c1-20-28(24,25)14-6-13-27-19-22-21-18(15-17-9-5-12-26-17)23(19)11-10-16-7-3-2-4-8-16/h2-5,7-9,12,20H,6,10-11,13-15H2,1H3. The van der Waals surface area contributed by atoms with Gasteiger partial charge in [0, 0.05) is 23.6 Å². The van der Waals surface area contributed by atoms with Crippen LogP contribution in [-0.4, -0.2) is 41.7 Å². The number of sulfonamides is 1. The van der Waals surface area contributed by atoms with E-state index in [1.54, 1.807) is 23.1 Å². The summed E-state index contributed by atoms with van der Waals surface area (Å²) in [6.07, 6.45) is 2.23. The van der Waals surface area contributed by atoms with Crippen LogP contribution >= 0.6 is 23.1 Å². The summed E-state index contributed by atoms with van der Waals surface area (Å²) in [5.74, 6) is 1.75. The molecule has 0 aliphatic carbocycles. The van der Waals surface area contributed by atoms with Crippen LogP contribution in [0.2, 0.25) is 0 Å². The third kappa shape index (κ3) is 6.16. The number of nitrogens with one attached hydrogen (secondary N) is 1. The highest BCUT2D eigenvalue weighted by atomic mass is 32.2. The van der Waals surface area contributed by atoms with Gasteiger partial charge in [0.25, 0.3) is 0 Å². The van der Waals surface area contributed by atoms with Crippen LogP contribution in [0.3, 0.4) is 0 Å². The van der Waals surface area contributed by atoms with Crippen molar-refractivity contribution in [1.29, 1.82) is 0 Å². The Hall–Kier alpha value is -1.68. The SMILES string of the molecule is CNS(=O)(=O)CCCSc1nnc(Cc2cccs2)n1CCc1ccccc1. The molecule has 28 heavy (non-hydrogen) atoms. The van der Waals surface area contributed by atoms with Gasteiger partial charge in [-0.2, -0.15) is 0 Å². The van der Waals surface area contributed by atoms with Crippen LogP contribution < -0.4 is 4.72 Å². The van der Waals surface area contributed by atoms with E-state index >= 15 is 0 Å². The maximum Gasteiger partial charge on any atom is 0.211 e. The van der Waals surface area contributed by atoms with Crippen LogP contribution in [0.4, 0.5) is 0 Å². The van der Waals surface area contributed by atoms with Gasteiger partial charge in [0.15, 0.2) is 5.16 Å². The topological polar surface area (TPSA) is 76.9 Å². The van der Waals surface area contributed by atoms with Crippen LogP contribution in [0.25, 0.3) is 0 Å². The van der Waals surface area contributed by atoms with Crippen molar-refractivity contribution in [3.8, 4) is 0 Å². The molecule has 3 aromatic rings. The zero-order valence-electron chi connectivity index (χ0n) is 15.7. The number of aryl methyl sites for hydroxylation is 1. The molecule has 1 N–H and O–H groups in total. The van der Waals surface area contributed by atoms with Gasteiger partial charge in [0.1, 0.15) is 5.82 Å². The smallest absolute Gasteiger partial charge is 0.211 e. The molecule has 3 rings (SSSR count). The van der Waals surface area contributed by atoms with E-state index in [9.17, 15) is 8.42 Å². The Balaban J connectivity index is 1.68. The minimum absolute atomic E-state index is 0.122. The summed E-state index contributed by atoms with van der Waals surface area (Å²) in [7, 11) is -1.72. The lowest BCUT2D eigenvalue weighted by Gasteiger charge is -2.10. The average molecular weight is 437 g/mol. The van der Waals surface area contributed by atoms with Crippen molar-refractivity contribution in [1.82, 2.24) is 19.5 Å². The molecular formula is C19H24N4O2S3. The Bertz CT molecular complexity index is 954. The number of rotatable bonds is 11. The van der Waals surface area contributed by atoms with E-state index < -0.39 is 10.0 Å². The summed E-state index contributed by atoms with van der Waals surface area (Å²) in [4.78, 5) is 1.25. The van der Waals surface area contributed by atoms with Gasteiger partial charge < -0.3 is 4.57 Å². The van der Waals surface area contributed by atoms with Crippen molar-refractivity contribution in [3.05, 3.63) is 64.1 Å². The molecule has 1 aromatic carbocycles. The van der Waals surface area contributed by atoms with E-state index in [4.69, 9.17) is 0 Å². The Morgan fingerprint density at radius 3 is 2.68 bits per heavy atom. The van der Waals surface area contributed by atoms with Crippen molar-refractivity contribution in [2.24, 2.45) is 0 Å². The fourth-order valence-electron chi connectivity index (χ4n) is 2.75. The van der Waals surface area contributed by atoms with Crippen molar-refractivity contribution < 1.29 is 8.42 Å². The number of thioether (sulfide) groups is 1. The Labute approximate surface area is 174 Å². The number of hydrogen-bond donors (Lipinski definition) is 1. The molecule has 0 saturated heterocycles. The minimum atomic E-state index is -3.16. The molecule has 0 radical (unpaired) electrons. The normalized spacial score (nSPS) is 11.8. The predicted molar refractivity (Wildman–Crippen MR) is 115 cm³/mol. The molecule has 0 spiro atoms. The van der Waals surface area contributed by atoms with E-state index in [2.05, 4.69) is 43.1 Å². The molecule has 0 aliphatic heterocycles. The summed E-state index contributed by atoms with van der Waals surface area (Å²) in [6, 6.07) is 14.5. The van der Waals surface area contributed by atoms with Crippen LogP contribution in [0.5, 0.6) is 0 Å². The van der Waals surface area contributed by atoms with E-state index in [1.165, 1.54) is 17.5 Å². The van der Waals surface area contributed by atoms with Crippen LogP contribution in [-0.2, 0) is 29.4 Å². The molecule has 0 atom stereocenters. The first-order valence-corrected chi connectivity index (χ1v) is 12.6. The third-order valence-corrected chi connectivity index (χ3v) is 7.65. The van der Waals surface area contributed by atoms with Gasteiger partial charge in [-0.1, -0.05) is 48.2 Å². The molecule has 6 nitrogen and oxygen atoms in total. The quantitative estimate of drug-likeness (QED) is 0.369. The second-order valence-electron chi connectivity index (χ2n) is 6.27. The fourth-order valence-corrected chi connectivity index (χ4v) is 5.29. The van der Waals surface area contributed by atoms with Gasteiger partial charge in [-0.15, -0.1) is 21.5 Å². The van der Waals surface area contributed by atoms with E-state index in [-0.39, 0.29) is 5.75 Å². The summed E-state index contributed by atoms with van der Waals surface area (Å²) < 4.78 is 27.7. The van der Waals surface area contributed by atoms with Gasteiger partial charge in [0.05, 0.1) is 5.75 Å². The molecule has 9 heteroatoms. The monoisotopic (exact) mass is 436 g/mol. The Kier molecular flexibility index (Phi) is 7.66. The summed E-state index contributed by atoms with van der Waals surface area (Å²) in [5.41, 5.74) is 1.27. The highest BCUT2D eigenvalue weighted by Gasteiger charge is 2.14. The van der Waals surface area contributed by atoms with Crippen LogP contribution in [0, 0.1) is 0 Å². The molecule has 2 aromatic heterocycles. The predicted octanol–water partition coefficient (Wildman–Crippen LogP) is 3.20. The number of thiophene rings is 1. The maximum absolute atomic E-state index is 11.6. The average Bonchev–Trinajstić information content (AvgIpc) is 3.35. The third-order valence-electron chi connectivity index (χ3n) is 4.27. The minimum Gasteiger partial charge on any atom is -0.305 e. The first-order valence-electron chi connectivity index (χ1n) is 9.10.